The lowest BCUT2D eigenvalue weighted by Gasteiger charge is -2.41. The molecule has 2 aliphatic rings. The maximum absolute atomic E-state index is 12.9. The SMILES string of the molecule is CC(C)N1c2cc(C(F)(F)F)ccc2NC(=O)C12CC2. The molecule has 0 atom stereocenters. The fourth-order valence-electron chi connectivity index (χ4n) is 2.95. The second kappa shape index (κ2) is 3.90. The van der Waals surface area contributed by atoms with Crippen LogP contribution < -0.4 is 10.2 Å². The summed E-state index contributed by atoms with van der Waals surface area (Å²) < 4.78 is 38.6. The molecule has 3 rings (SSSR count). The summed E-state index contributed by atoms with van der Waals surface area (Å²) in [6.45, 7) is 3.78. The van der Waals surface area contributed by atoms with Gasteiger partial charge in [0.2, 0.25) is 5.91 Å². The van der Waals surface area contributed by atoms with Crippen LogP contribution in [-0.4, -0.2) is 17.5 Å². The van der Waals surface area contributed by atoms with Gasteiger partial charge in [0, 0.05) is 6.04 Å². The molecule has 6 heteroatoms. The number of carbonyl (C=O) groups excluding carboxylic acids is 1. The molecule has 0 aromatic heterocycles. The third kappa shape index (κ3) is 1.77. The van der Waals surface area contributed by atoms with E-state index < -0.39 is 17.3 Å². The highest BCUT2D eigenvalue weighted by Gasteiger charge is 2.58. The predicted molar refractivity (Wildman–Crippen MR) is 69.7 cm³/mol. The zero-order chi connectivity index (χ0) is 14.7. The Bertz CT molecular complexity index is 576. The van der Waals surface area contributed by atoms with Crippen molar-refractivity contribution in [3.63, 3.8) is 0 Å². The summed E-state index contributed by atoms with van der Waals surface area (Å²) in [6.07, 6.45) is -3.00. The van der Waals surface area contributed by atoms with Crippen LogP contribution in [0, 0.1) is 0 Å². The molecule has 0 bridgehead atoms. The Labute approximate surface area is 114 Å². The van der Waals surface area contributed by atoms with E-state index in [1.807, 2.05) is 18.7 Å². The molecule has 1 aliphatic carbocycles. The molecule has 0 saturated heterocycles. The molecule has 1 aromatic carbocycles. The molecule has 1 spiro atoms. The number of nitrogens with one attached hydrogen (secondary N) is 1. The van der Waals surface area contributed by atoms with Gasteiger partial charge in [0.15, 0.2) is 0 Å². The topological polar surface area (TPSA) is 32.3 Å². The van der Waals surface area contributed by atoms with Gasteiger partial charge < -0.3 is 10.2 Å². The first-order valence-corrected chi connectivity index (χ1v) is 6.58. The van der Waals surface area contributed by atoms with Gasteiger partial charge in [-0.3, -0.25) is 4.79 Å². The van der Waals surface area contributed by atoms with Crippen LogP contribution in [0.3, 0.4) is 0 Å². The van der Waals surface area contributed by atoms with Crippen molar-refractivity contribution in [1.82, 2.24) is 0 Å². The standard InChI is InChI=1S/C14H15F3N2O/c1-8(2)19-11-7-9(14(15,16)17)3-4-10(11)18-12(20)13(19)5-6-13/h3-4,7-8H,5-6H2,1-2H3,(H,18,20). The Kier molecular flexibility index (Phi) is 2.59. The van der Waals surface area contributed by atoms with E-state index in [0.717, 1.165) is 12.1 Å². The second-order valence-electron chi connectivity index (χ2n) is 5.68. The lowest BCUT2D eigenvalue weighted by Crippen LogP contribution is -2.53. The van der Waals surface area contributed by atoms with Gasteiger partial charge in [0.25, 0.3) is 0 Å². The Balaban J connectivity index is 2.14. The summed E-state index contributed by atoms with van der Waals surface area (Å²) >= 11 is 0. The highest BCUT2D eigenvalue weighted by molar-refractivity contribution is 6.08. The smallest absolute Gasteiger partial charge is 0.353 e. The molecular weight excluding hydrogens is 269 g/mol. The van der Waals surface area contributed by atoms with E-state index in [1.165, 1.54) is 6.07 Å². The molecule has 0 radical (unpaired) electrons. The van der Waals surface area contributed by atoms with E-state index >= 15 is 0 Å². The summed E-state index contributed by atoms with van der Waals surface area (Å²) in [4.78, 5) is 14.0. The van der Waals surface area contributed by atoms with Crippen molar-refractivity contribution in [3.8, 4) is 0 Å². The zero-order valence-electron chi connectivity index (χ0n) is 11.2. The van der Waals surface area contributed by atoms with Crippen LogP contribution in [0.1, 0.15) is 32.3 Å². The Hall–Kier alpha value is -1.72. The molecule has 1 heterocycles. The van der Waals surface area contributed by atoms with Crippen LogP contribution in [0.15, 0.2) is 18.2 Å². The van der Waals surface area contributed by atoms with Crippen molar-refractivity contribution in [2.45, 2.75) is 44.4 Å². The van der Waals surface area contributed by atoms with Crippen molar-refractivity contribution in [1.29, 1.82) is 0 Å². The highest BCUT2D eigenvalue weighted by atomic mass is 19.4. The Morgan fingerprint density at radius 3 is 2.45 bits per heavy atom. The lowest BCUT2D eigenvalue weighted by molar-refractivity contribution is -0.137. The minimum absolute atomic E-state index is 0.0363. The van der Waals surface area contributed by atoms with Gasteiger partial charge in [-0.1, -0.05) is 0 Å². The maximum atomic E-state index is 12.9. The maximum Gasteiger partial charge on any atom is 0.416 e. The fourth-order valence-corrected chi connectivity index (χ4v) is 2.95. The monoisotopic (exact) mass is 284 g/mol. The molecule has 1 saturated carbocycles. The lowest BCUT2D eigenvalue weighted by atomic mass is 10.0. The summed E-state index contributed by atoms with van der Waals surface area (Å²) in [5.74, 6) is -0.113. The number of alkyl halides is 3. The van der Waals surface area contributed by atoms with Gasteiger partial charge in [-0.05, 0) is 44.9 Å². The molecule has 20 heavy (non-hydrogen) atoms. The van der Waals surface area contributed by atoms with Crippen molar-refractivity contribution < 1.29 is 18.0 Å². The van der Waals surface area contributed by atoms with E-state index in [0.29, 0.717) is 24.2 Å². The number of anilines is 2. The minimum Gasteiger partial charge on any atom is -0.353 e. The largest absolute Gasteiger partial charge is 0.416 e. The summed E-state index contributed by atoms with van der Waals surface area (Å²) in [6, 6.07) is 3.43. The number of rotatable bonds is 1. The molecule has 1 N–H and O–H groups in total. The summed E-state index contributed by atoms with van der Waals surface area (Å²) in [5, 5.41) is 2.73. The number of amides is 1. The first-order valence-electron chi connectivity index (χ1n) is 6.58. The summed E-state index contributed by atoms with van der Waals surface area (Å²) in [5.41, 5.74) is -0.416. The Morgan fingerprint density at radius 1 is 1.30 bits per heavy atom. The van der Waals surface area contributed by atoms with E-state index in [-0.39, 0.29) is 11.9 Å². The van der Waals surface area contributed by atoms with Gasteiger partial charge in [-0.25, -0.2) is 0 Å². The third-order valence-corrected chi connectivity index (χ3v) is 3.96. The number of halogens is 3. The van der Waals surface area contributed by atoms with Crippen molar-refractivity contribution >= 4 is 17.3 Å². The van der Waals surface area contributed by atoms with Gasteiger partial charge >= 0.3 is 6.18 Å². The van der Waals surface area contributed by atoms with E-state index in [9.17, 15) is 18.0 Å². The number of fused-ring (bicyclic) bond motifs is 1. The molecule has 1 aromatic rings. The minimum atomic E-state index is -4.38. The first-order chi connectivity index (χ1) is 9.25. The number of hydrogen-bond donors (Lipinski definition) is 1. The van der Waals surface area contributed by atoms with Gasteiger partial charge in [0.1, 0.15) is 5.54 Å². The van der Waals surface area contributed by atoms with E-state index in [4.69, 9.17) is 0 Å². The average molecular weight is 284 g/mol. The van der Waals surface area contributed by atoms with Crippen LogP contribution in [0.5, 0.6) is 0 Å². The van der Waals surface area contributed by atoms with Gasteiger partial charge in [-0.2, -0.15) is 13.2 Å². The number of carbonyl (C=O) groups is 1. The van der Waals surface area contributed by atoms with Crippen LogP contribution >= 0.6 is 0 Å². The molecular formula is C14H15F3N2O. The summed E-state index contributed by atoms with van der Waals surface area (Å²) in [7, 11) is 0. The number of nitrogens with zero attached hydrogens (tertiary/aromatic N) is 1. The Morgan fingerprint density at radius 2 is 1.95 bits per heavy atom. The van der Waals surface area contributed by atoms with Crippen LogP contribution in [0.4, 0.5) is 24.5 Å². The average Bonchev–Trinajstić information content (AvgIpc) is 3.10. The van der Waals surface area contributed by atoms with Crippen molar-refractivity contribution in [2.75, 3.05) is 10.2 Å². The zero-order valence-corrected chi connectivity index (χ0v) is 11.2. The van der Waals surface area contributed by atoms with Gasteiger partial charge in [-0.15, -0.1) is 0 Å². The fraction of sp³-hybridized carbons (Fsp3) is 0.500. The molecule has 108 valence electrons. The molecule has 1 fully saturated rings. The second-order valence-corrected chi connectivity index (χ2v) is 5.68. The number of benzene rings is 1. The normalized spacial score (nSPS) is 20.1. The van der Waals surface area contributed by atoms with E-state index in [1.54, 1.807) is 0 Å². The van der Waals surface area contributed by atoms with Crippen LogP contribution in [0.25, 0.3) is 0 Å². The molecule has 0 unspecified atom stereocenters. The molecule has 1 amide bonds. The van der Waals surface area contributed by atoms with Gasteiger partial charge in [0.05, 0.1) is 16.9 Å². The quantitative estimate of drug-likeness (QED) is 0.857. The molecule has 1 aliphatic heterocycles. The highest BCUT2D eigenvalue weighted by Crippen LogP contribution is 2.51. The van der Waals surface area contributed by atoms with Crippen molar-refractivity contribution in [3.05, 3.63) is 23.8 Å². The molecule has 3 nitrogen and oxygen atoms in total. The van der Waals surface area contributed by atoms with Crippen LogP contribution in [-0.2, 0) is 11.0 Å². The first kappa shape index (κ1) is 13.3. The third-order valence-electron chi connectivity index (χ3n) is 3.96. The predicted octanol–water partition coefficient (Wildman–Crippen LogP) is 3.40. The van der Waals surface area contributed by atoms with E-state index in [2.05, 4.69) is 5.32 Å². The number of hydrogen-bond acceptors (Lipinski definition) is 2. The van der Waals surface area contributed by atoms with Crippen molar-refractivity contribution in [2.24, 2.45) is 0 Å². The van der Waals surface area contributed by atoms with Crippen LogP contribution in [0.2, 0.25) is 0 Å².